The highest BCUT2D eigenvalue weighted by molar-refractivity contribution is 5.96. The predicted molar refractivity (Wildman–Crippen MR) is 131 cm³/mol. The van der Waals surface area contributed by atoms with Crippen molar-refractivity contribution in [2.45, 2.75) is 32.6 Å². The van der Waals surface area contributed by atoms with Crippen molar-refractivity contribution in [2.75, 3.05) is 53.0 Å². The molecule has 9 heteroatoms. The SMILES string of the molecule is CC1=C(N(C)CCCN(C)C)C=C(C(F)(F)CF)C=C(NC(=O)c2ccc(C)c(N(C)N)c2)C1. The third-order valence-corrected chi connectivity index (χ3v) is 5.74. The van der Waals surface area contributed by atoms with E-state index in [4.69, 9.17) is 5.84 Å². The van der Waals surface area contributed by atoms with Crippen LogP contribution in [-0.4, -0.2) is 69.6 Å². The third kappa shape index (κ3) is 7.11. The average Bonchev–Trinajstić information content (AvgIpc) is 2.92. The number of benzene rings is 1. The summed E-state index contributed by atoms with van der Waals surface area (Å²) in [5.41, 5.74) is 3.12. The Morgan fingerprint density at radius 2 is 1.79 bits per heavy atom. The molecule has 2 rings (SSSR count). The molecule has 0 heterocycles. The molecule has 1 amide bonds. The molecular formula is C25H36F3N5O. The Bertz CT molecular complexity index is 983. The summed E-state index contributed by atoms with van der Waals surface area (Å²) in [4.78, 5) is 16.9. The molecule has 1 aliphatic rings. The van der Waals surface area contributed by atoms with Gasteiger partial charge in [-0.25, -0.2) is 10.2 Å². The molecule has 0 spiro atoms. The number of anilines is 1. The number of aryl methyl sites for hydroxylation is 1. The van der Waals surface area contributed by atoms with Crippen molar-refractivity contribution < 1.29 is 18.0 Å². The van der Waals surface area contributed by atoms with Gasteiger partial charge in [0, 0.05) is 49.6 Å². The zero-order chi connectivity index (χ0) is 25.6. The lowest BCUT2D eigenvalue weighted by molar-refractivity contribution is 0.0185. The van der Waals surface area contributed by atoms with E-state index in [2.05, 4.69) is 10.2 Å². The number of hydrazine groups is 1. The van der Waals surface area contributed by atoms with Crippen molar-refractivity contribution in [3.05, 3.63) is 64.0 Å². The molecule has 1 aromatic rings. The summed E-state index contributed by atoms with van der Waals surface area (Å²) >= 11 is 0. The molecule has 34 heavy (non-hydrogen) atoms. The molecule has 0 aliphatic heterocycles. The summed E-state index contributed by atoms with van der Waals surface area (Å²) in [6.45, 7) is 3.38. The summed E-state index contributed by atoms with van der Waals surface area (Å²) in [6, 6.07) is 5.06. The van der Waals surface area contributed by atoms with Gasteiger partial charge < -0.3 is 20.1 Å². The van der Waals surface area contributed by atoms with Gasteiger partial charge in [-0.3, -0.25) is 4.79 Å². The Hall–Kier alpha value is -2.78. The highest BCUT2D eigenvalue weighted by atomic mass is 19.3. The third-order valence-electron chi connectivity index (χ3n) is 5.74. The fourth-order valence-electron chi connectivity index (χ4n) is 3.82. The molecule has 0 aromatic heterocycles. The van der Waals surface area contributed by atoms with Crippen LogP contribution in [-0.2, 0) is 0 Å². The number of allylic oxidation sites excluding steroid dienone is 4. The molecule has 0 saturated heterocycles. The van der Waals surface area contributed by atoms with Crippen molar-refractivity contribution in [1.29, 1.82) is 0 Å². The van der Waals surface area contributed by atoms with Crippen LogP contribution in [0.25, 0.3) is 0 Å². The summed E-state index contributed by atoms with van der Waals surface area (Å²) < 4.78 is 42.2. The lowest BCUT2D eigenvalue weighted by atomic mass is 10.1. The Morgan fingerprint density at radius 3 is 2.38 bits per heavy atom. The average molecular weight is 480 g/mol. The first-order chi connectivity index (χ1) is 15.9. The zero-order valence-electron chi connectivity index (χ0n) is 20.9. The van der Waals surface area contributed by atoms with Crippen LogP contribution in [0.4, 0.5) is 18.9 Å². The largest absolute Gasteiger partial charge is 0.375 e. The molecule has 0 fully saturated rings. The van der Waals surface area contributed by atoms with E-state index in [9.17, 15) is 18.0 Å². The topological polar surface area (TPSA) is 64.8 Å². The van der Waals surface area contributed by atoms with E-state index in [0.29, 0.717) is 23.5 Å². The normalized spacial score (nSPS) is 14.6. The van der Waals surface area contributed by atoms with Crippen LogP contribution in [0.5, 0.6) is 0 Å². The van der Waals surface area contributed by atoms with E-state index in [0.717, 1.165) is 24.1 Å². The van der Waals surface area contributed by atoms with E-state index in [1.54, 1.807) is 25.2 Å². The van der Waals surface area contributed by atoms with Crippen LogP contribution in [0.2, 0.25) is 0 Å². The standard InChI is InChI=1S/C25H36F3N5O/c1-17-8-9-19(13-23(17)33(6)29)24(34)30-21-12-18(2)22(32(5)11-7-10-31(3)4)15-20(14-21)25(27,28)16-26/h8-9,13-15H,7,10-12,16,29H2,1-6H3,(H,30,34). The second-order valence-corrected chi connectivity index (χ2v) is 9.09. The number of nitrogens with zero attached hydrogens (tertiary/aromatic N) is 3. The molecule has 6 nitrogen and oxygen atoms in total. The molecule has 0 saturated carbocycles. The van der Waals surface area contributed by atoms with E-state index in [1.807, 2.05) is 39.9 Å². The number of carbonyl (C=O) groups excluding carboxylic acids is 1. The highest BCUT2D eigenvalue weighted by Gasteiger charge is 2.35. The van der Waals surface area contributed by atoms with Crippen LogP contribution in [0.3, 0.4) is 0 Å². The van der Waals surface area contributed by atoms with Gasteiger partial charge >= 0.3 is 5.92 Å². The first-order valence-corrected chi connectivity index (χ1v) is 11.2. The molecule has 1 aromatic carbocycles. The summed E-state index contributed by atoms with van der Waals surface area (Å²) in [6.07, 6.45) is 3.60. The quantitative estimate of drug-likeness (QED) is 0.392. The Morgan fingerprint density at radius 1 is 1.12 bits per heavy atom. The van der Waals surface area contributed by atoms with Gasteiger partial charge in [0.2, 0.25) is 0 Å². The molecule has 188 valence electrons. The first-order valence-electron chi connectivity index (χ1n) is 11.2. The minimum Gasteiger partial charge on any atom is -0.375 e. The fourth-order valence-corrected chi connectivity index (χ4v) is 3.82. The molecule has 3 N–H and O–H groups in total. The van der Waals surface area contributed by atoms with Crippen LogP contribution >= 0.6 is 0 Å². The van der Waals surface area contributed by atoms with Gasteiger partial charge in [0.25, 0.3) is 5.91 Å². The van der Waals surface area contributed by atoms with Crippen LogP contribution in [0.15, 0.2) is 52.9 Å². The van der Waals surface area contributed by atoms with E-state index >= 15 is 0 Å². The fraction of sp³-hybridized carbons (Fsp3) is 0.480. The van der Waals surface area contributed by atoms with Gasteiger partial charge in [0.15, 0.2) is 6.67 Å². The van der Waals surface area contributed by atoms with Gasteiger partial charge in [-0.05, 0) is 76.3 Å². The smallest absolute Gasteiger partial charge is 0.301 e. The number of nitrogens with one attached hydrogen (secondary N) is 1. The number of nitrogens with two attached hydrogens (primary N) is 1. The van der Waals surface area contributed by atoms with Crippen LogP contribution in [0, 0.1) is 6.92 Å². The number of likely N-dealkylation sites (N-methyl/N-ethyl adjacent to an activating group) is 1. The maximum atomic E-state index is 14.5. The van der Waals surface area contributed by atoms with Gasteiger partial charge in [-0.15, -0.1) is 0 Å². The number of hydrogen-bond donors (Lipinski definition) is 2. The van der Waals surface area contributed by atoms with Gasteiger partial charge in [0.05, 0.1) is 5.69 Å². The van der Waals surface area contributed by atoms with E-state index in [1.165, 1.54) is 17.2 Å². The number of carbonyl (C=O) groups is 1. The Balaban J connectivity index is 2.35. The number of alkyl halides is 3. The number of amides is 1. The van der Waals surface area contributed by atoms with Gasteiger partial charge in [-0.1, -0.05) is 6.07 Å². The van der Waals surface area contributed by atoms with Crippen molar-refractivity contribution in [2.24, 2.45) is 5.84 Å². The van der Waals surface area contributed by atoms with Crippen molar-refractivity contribution in [3.8, 4) is 0 Å². The Labute approximate surface area is 200 Å². The van der Waals surface area contributed by atoms with Crippen LogP contribution < -0.4 is 16.2 Å². The van der Waals surface area contributed by atoms with E-state index in [-0.39, 0.29) is 12.1 Å². The summed E-state index contributed by atoms with van der Waals surface area (Å²) in [5.74, 6) is 1.71. The van der Waals surface area contributed by atoms with Gasteiger partial charge in [-0.2, -0.15) is 8.78 Å². The summed E-state index contributed by atoms with van der Waals surface area (Å²) in [7, 11) is 7.43. The molecule has 0 radical (unpaired) electrons. The summed E-state index contributed by atoms with van der Waals surface area (Å²) in [5, 5.41) is 4.15. The number of halogens is 3. The molecule has 0 bridgehead atoms. The van der Waals surface area contributed by atoms with E-state index < -0.39 is 24.1 Å². The lowest BCUT2D eigenvalue weighted by Gasteiger charge is -2.24. The molecule has 0 unspecified atom stereocenters. The molecule has 0 atom stereocenters. The lowest BCUT2D eigenvalue weighted by Crippen LogP contribution is -2.28. The maximum Gasteiger partial charge on any atom is 0.301 e. The zero-order valence-corrected chi connectivity index (χ0v) is 20.9. The monoisotopic (exact) mass is 479 g/mol. The minimum atomic E-state index is -3.67. The minimum absolute atomic E-state index is 0.247. The predicted octanol–water partition coefficient (Wildman–Crippen LogP) is 4.01. The molecule has 1 aliphatic carbocycles. The Kier molecular flexibility index (Phi) is 9.35. The van der Waals surface area contributed by atoms with Gasteiger partial charge in [0.1, 0.15) is 0 Å². The number of hydrogen-bond acceptors (Lipinski definition) is 5. The molecular weight excluding hydrogens is 443 g/mol. The highest BCUT2D eigenvalue weighted by Crippen LogP contribution is 2.33. The number of rotatable bonds is 10. The second kappa shape index (κ2) is 11.6. The van der Waals surface area contributed by atoms with Crippen LogP contribution in [0.1, 0.15) is 35.7 Å². The van der Waals surface area contributed by atoms with Crippen molar-refractivity contribution in [1.82, 2.24) is 15.1 Å². The van der Waals surface area contributed by atoms with Crippen molar-refractivity contribution in [3.63, 3.8) is 0 Å². The first kappa shape index (κ1) is 27.5. The maximum absolute atomic E-state index is 14.5. The second-order valence-electron chi connectivity index (χ2n) is 9.09. The van der Waals surface area contributed by atoms with Crippen molar-refractivity contribution >= 4 is 11.6 Å².